The quantitative estimate of drug-likeness (QED) is 0.155. The molecule has 10 heteroatoms. The number of carbonyl (C=O) groups excluding carboxylic acids is 1. The second kappa shape index (κ2) is 12.4. The van der Waals surface area contributed by atoms with Crippen molar-refractivity contribution in [1.82, 2.24) is 0 Å². The maximum atomic E-state index is 11.8. The van der Waals surface area contributed by atoms with Crippen molar-refractivity contribution in [2.75, 3.05) is 13.2 Å². The highest BCUT2D eigenvalue weighted by molar-refractivity contribution is 6.89. The van der Waals surface area contributed by atoms with Gasteiger partial charge in [0, 0.05) is 6.61 Å². The average molecular weight is 513 g/mol. The van der Waals surface area contributed by atoms with Crippen molar-refractivity contribution in [1.29, 1.82) is 0 Å². The lowest BCUT2D eigenvalue weighted by molar-refractivity contribution is 0.0689. The summed E-state index contributed by atoms with van der Waals surface area (Å²) in [7, 11) is -8.17. The second-order valence-corrected chi connectivity index (χ2v) is 26.7. The molecule has 0 aromatic heterocycles. The predicted octanol–water partition coefficient (Wildman–Crippen LogP) is 5.70. The lowest BCUT2D eigenvalue weighted by atomic mass is 10.2. The fourth-order valence-corrected chi connectivity index (χ4v) is 21.3. The molecule has 180 valence electrons. The van der Waals surface area contributed by atoms with Gasteiger partial charge in [-0.3, -0.25) is 0 Å². The maximum Gasteiger partial charge on any atom is 0.352 e. The van der Waals surface area contributed by atoms with Crippen LogP contribution in [0.4, 0.5) is 0 Å². The van der Waals surface area contributed by atoms with Gasteiger partial charge in [0.25, 0.3) is 0 Å². The Balaban J connectivity index is 2.50. The molecule has 1 aromatic rings. The molecule has 0 heterocycles. The Kier molecular flexibility index (Phi) is 11.3. The van der Waals surface area contributed by atoms with E-state index in [2.05, 4.69) is 71.0 Å². The van der Waals surface area contributed by atoms with Crippen LogP contribution in [0.2, 0.25) is 65.0 Å². The van der Waals surface area contributed by atoms with E-state index in [9.17, 15) is 4.79 Å². The summed E-state index contributed by atoms with van der Waals surface area (Å²) in [6.07, 6.45) is 3.22. The minimum Gasteiger partial charge on any atom is -0.437 e. The monoisotopic (exact) mass is 512 g/mol. The highest BCUT2D eigenvalue weighted by Gasteiger charge is 2.44. The zero-order valence-corrected chi connectivity index (χ0v) is 25.2. The van der Waals surface area contributed by atoms with Gasteiger partial charge < -0.3 is 21.8 Å². The van der Waals surface area contributed by atoms with Crippen LogP contribution in [0.5, 0.6) is 0 Å². The van der Waals surface area contributed by atoms with E-state index in [1.165, 1.54) is 0 Å². The summed E-state index contributed by atoms with van der Waals surface area (Å²) in [6.45, 7) is 20.3. The fraction of sp³-hybridized carbons (Fsp3) is 0.591. The van der Waals surface area contributed by atoms with E-state index >= 15 is 0 Å². The highest BCUT2D eigenvalue weighted by atomic mass is 28.5. The number of rotatable bonds is 12. The summed E-state index contributed by atoms with van der Waals surface area (Å²) < 4.78 is 30.1. The zero-order valence-electron chi connectivity index (χ0n) is 21.2. The van der Waals surface area contributed by atoms with Gasteiger partial charge in [-0.2, -0.15) is 0 Å². The van der Waals surface area contributed by atoms with Crippen LogP contribution in [0.1, 0.15) is 16.8 Å². The van der Waals surface area contributed by atoms with Gasteiger partial charge in [0.15, 0.2) is 16.6 Å². The molecule has 1 unspecified atom stereocenters. The topological polar surface area (TPSA) is 63.2 Å². The molecule has 1 aromatic carbocycles. The van der Waals surface area contributed by atoms with E-state index in [1.54, 1.807) is 24.3 Å². The van der Waals surface area contributed by atoms with Gasteiger partial charge in [-0.05, 0) is 89.4 Å². The molecule has 0 N–H and O–H groups in total. The number of hydrogen-bond donors (Lipinski definition) is 0. The first-order valence-electron chi connectivity index (χ1n) is 11.0. The molecule has 1 rings (SSSR count). The summed E-state index contributed by atoms with van der Waals surface area (Å²) in [5.41, 5.74) is 0.471. The molecule has 0 fully saturated rings. The van der Waals surface area contributed by atoms with Crippen molar-refractivity contribution in [3.8, 4) is 12.0 Å². The molecular weight excluding hydrogens is 473 g/mol. The zero-order chi connectivity index (χ0) is 24.5. The summed E-state index contributed by atoms with van der Waals surface area (Å²) in [4.78, 5) is 11.8. The van der Waals surface area contributed by atoms with Crippen molar-refractivity contribution < 1.29 is 26.6 Å². The SMILES string of the molecule is C[Si](C)(C)O[Si](C)(C)O[Si](C)(CCCOCC#COC(=O)c1ccccc1)O[Si](C)(C)C. The van der Waals surface area contributed by atoms with Crippen molar-refractivity contribution in [3.63, 3.8) is 0 Å². The molecule has 0 amide bonds. The molecule has 0 saturated carbocycles. The summed E-state index contributed by atoms with van der Waals surface area (Å²) in [6, 6.07) is 9.60. The van der Waals surface area contributed by atoms with Gasteiger partial charge in [0.1, 0.15) is 12.7 Å². The summed E-state index contributed by atoms with van der Waals surface area (Å²) in [5, 5.41) is 0. The third-order valence-corrected chi connectivity index (χ3v) is 17.4. The third kappa shape index (κ3) is 13.5. The van der Waals surface area contributed by atoms with Crippen LogP contribution in [0.3, 0.4) is 0 Å². The largest absolute Gasteiger partial charge is 0.437 e. The molecule has 1 atom stereocenters. The number of benzene rings is 1. The lowest BCUT2D eigenvalue weighted by Crippen LogP contribution is -2.56. The summed E-state index contributed by atoms with van der Waals surface area (Å²) in [5.74, 6) is 2.25. The molecule has 6 nitrogen and oxygen atoms in total. The number of ether oxygens (including phenoxy) is 2. The third-order valence-electron chi connectivity index (χ3n) is 3.85. The van der Waals surface area contributed by atoms with E-state index in [0.29, 0.717) is 12.2 Å². The molecule has 0 bridgehead atoms. The van der Waals surface area contributed by atoms with Gasteiger partial charge in [-0.1, -0.05) is 18.2 Å². The van der Waals surface area contributed by atoms with E-state index in [1.807, 2.05) is 6.07 Å². The molecular formula is C22H40O6Si4. The van der Waals surface area contributed by atoms with Crippen molar-refractivity contribution in [3.05, 3.63) is 35.9 Å². The molecule has 32 heavy (non-hydrogen) atoms. The molecule has 0 saturated heterocycles. The maximum absolute atomic E-state index is 11.8. The Hall–Kier alpha value is -1.04. The van der Waals surface area contributed by atoms with Crippen molar-refractivity contribution in [2.45, 2.75) is 71.4 Å². The summed E-state index contributed by atoms with van der Waals surface area (Å²) >= 11 is 0. The van der Waals surface area contributed by atoms with Crippen LogP contribution >= 0.6 is 0 Å². The van der Waals surface area contributed by atoms with Crippen LogP contribution in [-0.4, -0.2) is 52.9 Å². The van der Waals surface area contributed by atoms with E-state index in [0.717, 1.165) is 12.5 Å². The molecule has 0 radical (unpaired) electrons. The van der Waals surface area contributed by atoms with Crippen LogP contribution < -0.4 is 0 Å². The Labute approximate surface area is 198 Å². The molecule has 0 aliphatic rings. The molecule has 0 spiro atoms. The van der Waals surface area contributed by atoms with Crippen LogP contribution in [0.15, 0.2) is 30.3 Å². The molecule has 0 aliphatic heterocycles. The van der Waals surface area contributed by atoms with Crippen LogP contribution in [0.25, 0.3) is 0 Å². The first kappa shape index (κ1) is 29.0. The van der Waals surface area contributed by atoms with Crippen LogP contribution in [0, 0.1) is 12.0 Å². The van der Waals surface area contributed by atoms with Crippen molar-refractivity contribution >= 4 is 39.7 Å². The Bertz CT molecular complexity index is 778. The Morgan fingerprint density at radius 1 is 0.844 bits per heavy atom. The number of hydrogen-bond acceptors (Lipinski definition) is 6. The predicted molar refractivity (Wildman–Crippen MR) is 139 cm³/mol. The normalized spacial score (nSPS) is 14.3. The first-order chi connectivity index (χ1) is 14.6. The fourth-order valence-electron chi connectivity index (χ4n) is 3.41. The number of esters is 1. The van der Waals surface area contributed by atoms with Gasteiger partial charge in [0.05, 0.1) is 5.56 Å². The van der Waals surface area contributed by atoms with E-state index in [4.69, 9.17) is 21.8 Å². The average Bonchev–Trinajstić information content (AvgIpc) is 2.60. The first-order valence-corrected chi connectivity index (χ1v) is 23.2. The smallest absolute Gasteiger partial charge is 0.352 e. The minimum absolute atomic E-state index is 0.203. The van der Waals surface area contributed by atoms with Gasteiger partial charge in [-0.15, -0.1) is 0 Å². The van der Waals surface area contributed by atoms with E-state index in [-0.39, 0.29) is 6.61 Å². The second-order valence-electron chi connectivity index (χ2n) is 10.3. The molecule has 0 aliphatic carbocycles. The minimum atomic E-state index is -2.41. The van der Waals surface area contributed by atoms with Gasteiger partial charge in [0.2, 0.25) is 0 Å². The Morgan fingerprint density at radius 2 is 1.44 bits per heavy atom. The highest BCUT2D eigenvalue weighted by Crippen LogP contribution is 2.27. The number of carbonyl (C=O) groups is 1. The standard InChI is InChI=1S/C22H40O6Si4/c1-29(2,3)26-31(7,8)28-32(9,27-30(4,5)6)20-14-18-24-17-13-19-25-22(23)21-15-11-10-12-16-21/h10-12,15-16H,14,17-18,20H2,1-9H3. The van der Waals surface area contributed by atoms with E-state index < -0.39 is 39.7 Å². The van der Waals surface area contributed by atoms with Crippen molar-refractivity contribution in [2.24, 2.45) is 0 Å². The van der Waals surface area contributed by atoms with Gasteiger partial charge >= 0.3 is 23.1 Å². The van der Waals surface area contributed by atoms with Gasteiger partial charge in [-0.25, -0.2) is 4.79 Å². The lowest BCUT2D eigenvalue weighted by Gasteiger charge is -2.41. The Morgan fingerprint density at radius 3 is 2.00 bits per heavy atom. The van der Waals surface area contributed by atoms with Crippen LogP contribution in [-0.2, 0) is 21.8 Å².